The van der Waals surface area contributed by atoms with Crippen LogP contribution >= 0.6 is 11.8 Å². The number of aliphatic hydroxyl groups is 1. The molecule has 1 aromatic carbocycles. The molecule has 0 aromatic heterocycles. The van der Waals surface area contributed by atoms with Gasteiger partial charge in [-0.1, -0.05) is 37.3 Å². The predicted octanol–water partition coefficient (Wildman–Crippen LogP) is 2.90. The summed E-state index contributed by atoms with van der Waals surface area (Å²) in [7, 11) is 0. The van der Waals surface area contributed by atoms with Crippen molar-refractivity contribution in [3.05, 3.63) is 35.9 Å². The lowest BCUT2D eigenvalue weighted by Crippen LogP contribution is -2.62. The fourth-order valence-electron chi connectivity index (χ4n) is 3.08. The lowest BCUT2D eigenvalue weighted by Gasteiger charge is -2.47. The molecular weight excluding hydrogens is 368 g/mol. The lowest BCUT2D eigenvalue weighted by atomic mass is 9.95. The van der Waals surface area contributed by atoms with Crippen molar-refractivity contribution < 1.29 is 28.8 Å². The third-order valence-electron chi connectivity index (χ3n) is 4.57. The average Bonchev–Trinajstić information content (AvgIpc) is 2.64. The van der Waals surface area contributed by atoms with E-state index in [0.29, 0.717) is 6.61 Å². The Morgan fingerprint density at radius 1 is 1.26 bits per heavy atom. The zero-order chi connectivity index (χ0) is 19.6. The molecule has 0 amide bonds. The molecule has 2 aliphatic heterocycles. The molecule has 6 nitrogen and oxygen atoms in total. The van der Waals surface area contributed by atoms with Gasteiger partial charge < -0.3 is 24.1 Å². The molecule has 1 N–H and O–H groups in total. The lowest BCUT2D eigenvalue weighted by molar-refractivity contribution is -0.320. The van der Waals surface area contributed by atoms with E-state index in [-0.39, 0.29) is 5.97 Å². The maximum Gasteiger partial charge on any atom is 0.311 e. The highest BCUT2D eigenvalue weighted by molar-refractivity contribution is 7.99. The first-order valence-corrected chi connectivity index (χ1v) is 10.3. The second-order valence-corrected chi connectivity index (χ2v) is 9.16. The van der Waals surface area contributed by atoms with Crippen molar-refractivity contribution in [2.75, 3.05) is 12.4 Å². The van der Waals surface area contributed by atoms with Gasteiger partial charge in [-0.05, 0) is 26.5 Å². The van der Waals surface area contributed by atoms with E-state index in [9.17, 15) is 9.90 Å². The van der Waals surface area contributed by atoms with Gasteiger partial charge in [0, 0.05) is 5.56 Å². The molecule has 27 heavy (non-hydrogen) atoms. The summed E-state index contributed by atoms with van der Waals surface area (Å²) in [6, 6.07) is 9.56. The molecule has 6 atom stereocenters. The van der Waals surface area contributed by atoms with Crippen LogP contribution < -0.4 is 0 Å². The monoisotopic (exact) mass is 396 g/mol. The molecule has 0 aliphatic carbocycles. The highest BCUT2D eigenvalue weighted by Gasteiger charge is 2.52. The summed E-state index contributed by atoms with van der Waals surface area (Å²) in [5.74, 6) is 0.395. The van der Waals surface area contributed by atoms with E-state index in [1.807, 2.05) is 37.3 Å². The summed E-state index contributed by atoms with van der Waals surface area (Å²) in [6.07, 6.45) is -3.38. The number of ether oxygens (including phenoxy) is 4. The Kier molecular flexibility index (Phi) is 6.48. The van der Waals surface area contributed by atoms with Crippen LogP contribution in [0.5, 0.6) is 0 Å². The minimum atomic E-state index is -0.975. The van der Waals surface area contributed by atoms with Gasteiger partial charge in [-0.15, -0.1) is 11.8 Å². The smallest absolute Gasteiger partial charge is 0.311 e. The van der Waals surface area contributed by atoms with Crippen molar-refractivity contribution in [3.8, 4) is 0 Å². The summed E-state index contributed by atoms with van der Waals surface area (Å²) in [6.45, 7) is 7.65. The van der Waals surface area contributed by atoms with Crippen LogP contribution in [0.25, 0.3) is 0 Å². The number of hydrogen-bond donors (Lipinski definition) is 1. The normalized spacial score (nSPS) is 34.0. The van der Waals surface area contributed by atoms with Gasteiger partial charge in [-0.25, -0.2) is 0 Å². The number of hydrogen-bond acceptors (Lipinski definition) is 7. The third-order valence-corrected chi connectivity index (χ3v) is 5.62. The SMILES string of the molecule is CCS[C@@H]1O[C@@H]2COC(c3ccccc3)O[C@H]2[C@H](OC(=O)C(C)(C)C)[C@H]1O. The Labute approximate surface area is 164 Å². The van der Waals surface area contributed by atoms with E-state index in [0.717, 1.165) is 11.3 Å². The number of aliphatic hydroxyl groups excluding tert-OH is 1. The summed E-state index contributed by atoms with van der Waals surface area (Å²) >= 11 is 1.48. The number of carbonyl (C=O) groups excluding carboxylic acids is 1. The summed E-state index contributed by atoms with van der Waals surface area (Å²) in [5.41, 5.74) is -0.295. The van der Waals surface area contributed by atoms with Crippen molar-refractivity contribution in [2.24, 2.45) is 5.41 Å². The first kappa shape index (κ1) is 20.6. The number of thioether (sulfide) groups is 1. The molecule has 0 saturated carbocycles. The van der Waals surface area contributed by atoms with E-state index in [4.69, 9.17) is 18.9 Å². The fraction of sp³-hybridized carbons (Fsp3) is 0.650. The van der Waals surface area contributed by atoms with Crippen LogP contribution in [0.15, 0.2) is 30.3 Å². The van der Waals surface area contributed by atoms with E-state index in [1.165, 1.54) is 11.8 Å². The first-order chi connectivity index (χ1) is 12.8. The van der Waals surface area contributed by atoms with Crippen LogP contribution in [0.1, 0.15) is 39.5 Å². The number of benzene rings is 1. The summed E-state index contributed by atoms with van der Waals surface area (Å²) in [4.78, 5) is 12.5. The van der Waals surface area contributed by atoms with Crippen LogP contribution in [0.3, 0.4) is 0 Å². The van der Waals surface area contributed by atoms with Crippen LogP contribution in [0.4, 0.5) is 0 Å². The molecule has 1 aromatic rings. The second kappa shape index (κ2) is 8.49. The summed E-state index contributed by atoms with van der Waals surface area (Å²) < 4.78 is 23.7. The molecule has 1 unspecified atom stereocenters. The highest BCUT2D eigenvalue weighted by atomic mass is 32.2. The van der Waals surface area contributed by atoms with E-state index < -0.39 is 41.6 Å². The Balaban J connectivity index is 1.82. The molecule has 0 bridgehead atoms. The molecule has 2 heterocycles. The van der Waals surface area contributed by atoms with E-state index >= 15 is 0 Å². The largest absolute Gasteiger partial charge is 0.456 e. The van der Waals surface area contributed by atoms with Gasteiger partial charge in [0.15, 0.2) is 12.4 Å². The van der Waals surface area contributed by atoms with E-state index in [1.54, 1.807) is 20.8 Å². The van der Waals surface area contributed by atoms with Gasteiger partial charge in [0.05, 0.1) is 12.0 Å². The van der Waals surface area contributed by atoms with Crippen LogP contribution in [-0.4, -0.2) is 53.3 Å². The zero-order valence-electron chi connectivity index (χ0n) is 16.2. The topological polar surface area (TPSA) is 74.2 Å². The maximum atomic E-state index is 12.5. The van der Waals surface area contributed by atoms with Gasteiger partial charge in [0.2, 0.25) is 0 Å². The zero-order valence-corrected chi connectivity index (χ0v) is 17.0. The van der Waals surface area contributed by atoms with Crippen molar-refractivity contribution in [1.29, 1.82) is 0 Å². The average molecular weight is 397 g/mol. The second-order valence-electron chi connectivity index (χ2n) is 7.79. The minimum absolute atomic E-state index is 0.307. The fourth-order valence-corrected chi connectivity index (χ4v) is 3.98. The van der Waals surface area contributed by atoms with Crippen LogP contribution in [-0.2, 0) is 23.7 Å². The molecule has 3 rings (SSSR count). The molecule has 7 heteroatoms. The molecule has 2 aliphatic rings. The van der Waals surface area contributed by atoms with Crippen molar-refractivity contribution in [2.45, 2.75) is 63.8 Å². The number of carbonyl (C=O) groups is 1. The Bertz CT molecular complexity index is 631. The van der Waals surface area contributed by atoms with E-state index in [2.05, 4.69) is 0 Å². The third kappa shape index (κ3) is 4.66. The van der Waals surface area contributed by atoms with Crippen LogP contribution in [0.2, 0.25) is 0 Å². The predicted molar refractivity (Wildman–Crippen MR) is 102 cm³/mol. The van der Waals surface area contributed by atoms with Crippen molar-refractivity contribution in [1.82, 2.24) is 0 Å². The molecular formula is C20H28O6S. The standard InChI is InChI=1S/C20H28O6S/c1-5-27-18-14(21)16(26-19(22)20(2,3)4)15-13(24-18)11-23-17(25-15)12-9-7-6-8-10-12/h6-10,13-18,21H,5,11H2,1-4H3/t13-,14-,15-,16-,17?,18+/m1/s1. The first-order valence-electron chi connectivity index (χ1n) is 9.29. The van der Waals surface area contributed by atoms with Gasteiger partial charge in [0.1, 0.15) is 23.7 Å². The molecule has 150 valence electrons. The molecule has 0 radical (unpaired) electrons. The van der Waals surface area contributed by atoms with Crippen LogP contribution in [0, 0.1) is 5.41 Å². The Morgan fingerprint density at radius 2 is 1.96 bits per heavy atom. The molecule has 0 spiro atoms. The van der Waals surface area contributed by atoms with Gasteiger partial charge >= 0.3 is 5.97 Å². The van der Waals surface area contributed by atoms with Crippen molar-refractivity contribution in [3.63, 3.8) is 0 Å². The number of rotatable bonds is 4. The van der Waals surface area contributed by atoms with Gasteiger partial charge in [-0.2, -0.15) is 0 Å². The molecule has 2 fully saturated rings. The number of esters is 1. The summed E-state index contributed by atoms with van der Waals surface area (Å²) in [5, 5.41) is 10.8. The minimum Gasteiger partial charge on any atom is -0.456 e. The van der Waals surface area contributed by atoms with Gasteiger partial charge in [0.25, 0.3) is 0 Å². The highest BCUT2D eigenvalue weighted by Crippen LogP contribution is 2.38. The number of fused-ring (bicyclic) bond motifs is 1. The Hall–Kier alpha value is -1.12. The maximum absolute atomic E-state index is 12.5. The Morgan fingerprint density at radius 3 is 2.59 bits per heavy atom. The quantitative estimate of drug-likeness (QED) is 0.785. The van der Waals surface area contributed by atoms with Gasteiger partial charge in [-0.3, -0.25) is 4.79 Å². The molecule has 2 saturated heterocycles. The van der Waals surface area contributed by atoms with Crippen molar-refractivity contribution >= 4 is 17.7 Å².